The number of alkyl carbamates (subject to hydrolysis) is 1. The number of carbonyl (C=O) groups excluding carboxylic acids is 2. The number of nitrogens with one attached hydrogen (secondary N) is 1. The average molecular weight is 409 g/mol. The number of nitrogens with zero attached hydrogens (tertiary/aromatic N) is 4. The first kappa shape index (κ1) is 18.8. The van der Waals surface area contributed by atoms with Gasteiger partial charge in [-0.2, -0.15) is 5.10 Å². The first-order valence-electron chi connectivity index (χ1n) is 10.3. The van der Waals surface area contributed by atoms with E-state index in [4.69, 9.17) is 9.15 Å². The molecule has 0 radical (unpaired) electrons. The van der Waals surface area contributed by atoms with Crippen molar-refractivity contribution >= 4 is 23.0 Å². The Kier molecular flexibility index (Phi) is 4.74. The second kappa shape index (κ2) is 7.56. The van der Waals surface area contributed by atoms with Gasteiger partial charge in [-0.05, 0) is 57.0 Å². The fourth-order valence-electron chi connectivity index (χ4n) is 4.51. The van der Waals surface area contributed by atoms with Crippen molar-refractivity contribution in [3.8, 4) is 11.5 Å². The summed E-state index contributed by atoms with van der Waals surface area (Å²) >= 11 is 0. The van der Waals surface area contributed by atoms with E-state index in [1.54, 1.807) is 23.0 Å². The fourth-order valence-corrected chi connectivity index (χ4v) is 4.51. The molecular formula is C21H23N5O4. The number of piperidine rings is 3. The third-order valence-corrected chi connectivity index (χ3v) is 6.07. The van der Waals surface area contributed by atoms with Crippen molar-refractivity contribution in [3.63, 3.8) is 0 Å². The standard InChI is InChI=1S/C21H23N5O4/c1-2-26-17-11-14(19-22-7-10-29-19)3-4-15(17)18(24-26)20(27)30-21(28)23-16-12-25-8-5-13(16)6-9-25/h3-4,7,10-11,13,16H,2,5-6,8-9,12H2,1H3,(H,23,28)/t16-/m0/s1. The molecule has 6 rings (SSSR count). The lowest BCUT2D eigenvalue weighted by Crippen LogP contribution is -2.57. The first-order chi connectivity index (χ1) is 14.6. The van der Waals surface area contributed by atoms with Gasteiger partial charge in [0.2, 0.25) is 5.89 Å². The molecule has 1 atom stereocenters. The summed E-state index contributed by atoms with van der Waals surface area (Å²) in [4.78, 5) is 31.6. The number of fused-ring (bicyclic) bond motifs is 4. The Balaban J connectivity index is 1.35. The van der Waals surface area contributed by atoms with E-state index in [1.165, 1.54) is 6.26 Å². The molecule has 0 unspecified atom stereocenters. The van der Waals surface area contributed by atoms with Gasteiger partial charge in [0, 0.05) is 30.1 Å². The van der Waals surface area contributed by atoms with Crippen molar-refractivity contribution in [3.05, 3.63) is 36.4 Å². The average Bonchev–Trinajstić information content (AvgIpc) is 3.42. The molecule has 1 N–H and O–H groups in total. The minimum absolute atomic E-state index is 0.0288. The zero-order chi connectivity index (χ0) is 20.7. The number of hydrogen-bond donors (Lipinski definition) is 1. The SMILES string of the molecule is CCn1nc(C(=O)OC(=O)N[C@H]2CN3CCC2CC3)c2ccc(-c3ncco3)cc21. The van der Waals surface area contributed by atoms with Crippen molar-refractivity contribution in [2.75, 3.05) is 19.6 Å². The van der Waals surface area contributed by atoms with E-state index in [2.05, 4.69) is 20.3 Å². The third-order valence-electron chi connectivity index (χ3n) is 6.07. The van der Waals surface area contributed by atoms with Gasteiger partial charge >= 0.3 is 12.1 Å². The van der Waals surface area contributed by atoms with Crippen LogP contribution in [0.3, 0.4) is 0 Å². The number of benzene rings is 1. The normalized spacial score (nSPS) is 22.9. The molecule has 0 aliphatic carbocycles. The zero-order valence-electron chi connectivity index (χ0n) is 16.7. The summed E-state index contributed by atoms with van der Waals surface area (Å²) in [6.45, 7) is 5.45. The predicted octanol–water partition coefficient (Wildman–Crippen LogP) is 2.67. The Morgan fingerprint density at radius 2 is 2.13 bits per heavy atom. The van der Waals surface area contributed by atoms with E-state index in [-0.39, 0.29) is 11.7 Å². The highest BCUT2D eigenvalue weighted by molar-refractivity contribution is 6.05. The molecular weight excluding hydrogens is 386 g/mol. The highest BCUT2D eigenvalue weighted by atomic mass is 16.6. The van der Waals surface area contributed by atoms with Crippen molar-refractivity contribution < 1.29 is 18.7 Å². The van der Waals surface area contributed by atoms with E-state index >= 15 is 0 Å². The van der Waals surface area contributed by atoms with E-state index in [1.807, 2.05) is 13.0 Å². The van der Waals surface area contributed by atoms with Gasteiger partial charge in [0.05, 0.1) is 11.7 Å². The molecule has 9 nitrogen and oxygen atoms in total. The van der Waals surface area contributed by atoms with Crippen LogP contribution < -0.4 is 5.32 Å². The van der Waals surface area contributed by atoms with Crippen LogP contribution in [0.25, 0.3) is 22.4 Å². The van der Waals surface area contributed by atoms with Crippen LogP contribution in [0.2, 0.25) is 0 Å². The summed E-state index contributed by atoms with van der Waals surface area (Å²) in [5, 5.41) is 7.86. The highest BCUT2D eigenvalue weighted by Crippen LogP contribution is 2.28. The van der Waals surface area contributed by atoms with Gasteiger partial charge in [-0.15, -0.1) is 0 Å². The van der Waals surface area contributed by atoms with E-state index in [0.717, 1.165) is 43.6 Å². The van der Waals surface area contributed by atoms with Gasteiger partial charge in [-0.25, -0.2) is 14.6 Å². The molecule has 3 aliphatic rings. The number of carbonyl (C=O) groups is 2. The van der Waals surface area contributed by atoms with Gasteiger partial charge in [-0.1, -0.05) is 0 Å². The lowest BCUT2D eigenvalue weighted by molar-refractivity contribution is 0.0519. The maximum absolute atomic E-state index is 12.7. The van der Waals surface area contributed by atoms with Gasteiger partial charge in [0.1, 0.15) is 6.26 Å². The van der Waals surface area contributed by atoms with Crippen LogP contribution in [-0.2, 0) is 11.3 Å². The Morgan fingerprint density at radius 3 is 2.80 bits per heavy atom. The summed E-state index contributed by atoms with van der Waals surface area (Å²) < 4.78 is 12.2. The molecule has 0 saturated carbocycles. The number of rotatable bonds is 4. The second-order valence-corrected chi connectivity index (χ2v) is 7.80. The molecule has 2 bridgehead atoms. The molecule has 5 heterocycles. The van der Waals surface area contributed by atoms with Crippen molar-refractivity contribution in [1.29, 1.82) is 0 Å². The van der Waals surface area contributed by atoms with Crippen LogP contribution >= 0.6 is 0 Å². The quantitative estimate of drug-likeness (QED) is 0.522. The minimum Gasteiger partial charge on any atom is -0.445 e. The Morgan fingerprint density at radius 1 is 1.30 bits per heavy atom. The van der Waals surface area contributed by atoms with Gasteiger partial charge in [0.25, 0.3) is 0 Å². The molecule has 3 aromatic rings. The molecule has 3 fully saturated rings. The number of oxazole rings is 1. The van der Waals surface area contributed by atoms with E-state index in [9.17, 15) is 9.59 Å². The summed E-state index contributed by atoms with van der Waals surface area (Å²) in [6, 6.07) is 5.47. The predicted molar refractivity (Wildman–Crippen MR) is 108 cm³/mol. The lowest BCUT2D eigenvalue weighted by Gasteiger charge is -2.44. The number of aromatic nitrogens is 3. The summed E-state index contributed by atoms with van der Waals surface area (Å²) in [6.07, 6.45) is 4.50. The van der Waals surface area contributed by atoms with Gasteiger partial charge in [-0.3, -0.25) is 4.68 Å². The van der Waals surface area contributed by atoms with Crippen LogP contribution in [0.1, 0.15) is 30.3 Å². The number of aryl methyl sites for hydroxylation is 1. The number of amides is 1. The highest BCUT2D eigenvalue weighted by Gasteiger charge is 2.35. The molecule has 30 heavy (non-hydrogen) atoms. The van der Waals surface area contributed by atoms with Gasteiger partial charge < -0.3 is 19.4 Å². The molecule has 1 aromatic carbocycles. The third kappa shape index (κ3) is 3.35. The molecule has 9 heteroatoms. The summed E-state index contributed by atoms with van der Waals surface area (Å²) in [7, 11) is 0. The van der Waals surface area contributed by atoms with Crippen LogP contribution in [-0.4, -0.2) is 57.4 Å². The Labute approximate surface area is 173 Å². The Bertz CT molecular complexity index is 1080. The van der Waals surface area contributed by atoms with E-state index < -0.39 is 12.1 Å². The number of hydrogen-bond acceptors (Lipinski definition) is 7. The van der Waals surface area contributed by atoms with Crippen molar-refractivity contribution in [2.45, 2.75) is 32.4 Å². The smallest absolute Gasteiger partial charge is 0.415 e. The van der Waals surface area contributed by atoms with Crippen molar-refractivity contribution in [1.82, 2.24) is 25.0 Å². The summed E-state index contributed by atoms with van der Waals surface area (Å²) in [5.74, 6) is 0.183. The molecule has 3 saturated heterocycles. The van der Waals surface area contributed by atoms with Crippen LogP contribution in [0, 0.1) is 5.92 Å². The molecule has 2 aromatic heterocycles. The second-order valence-electron chi connectivity index (χ2n) is 7.80. The molecule has 1 amide bonds. The molecule has 3 aliphatic heterocycles. The van der Waals surface area contributed by atoms with E-state index in [0.29, 0.717) is 23.7 Å². The van der Waals surface area contributed by atoms with Crippen molar-refractivity contribution in [2.24, 2.45) is 5.92 Å². The number of esters is 1. The van der Waals surface area contributed by atoms with Crippen LogP contribution in [0.15, 0.2) is 35.1 Å². The van der Waals surface area contributed by atoms with Crippen LogP contribution in [0.5, 0.6) is 0 Å². The Hall–Kier alpha value is -3.20. The maximum Gasteiger partial charge on any atom is 0.415 e. The fraction of sp³-hybridized carbons (Fsp3) is 0.429. The first-order valence-corrected chi connectivity index (χ1v) is 10.3. The minimum atomic E-state index is -0.755. The lowest BCUT2D eigenvalue weighted by atomic mass is 9.84. The monoisotopic (exact) mass is 409 g/mol. The topological polar surface area (TPSA) is 102 Å². The summed E-state index contributed by atoms with van der Waals surface area (Å²) in [5.41, 5.74) is 1.65. The maximum atomic E-state index is 12.7. The largest absolute Gasteiger partial charge is 0.445 e. The zero-order valence-corrected chi connectivity index (χ0v) is 16.7. The number of ether oxygens (including phenoxy) is 1. The van der Waals surface area contributed by atoms with Gasteiger partial charge in [0.15, 0.2) is 5.69 Å². The molecule has 0 spiro atoms. The molecule has 156 valence electrons. The van der Waals surface area contributed by atoms with Crippen LogP contribution in [0.4, 0.5) is 4.79 Å².